The van der Waals surface area contributed by atoms with Gasteiger partial charge in [-0.05, 0) is 24.0 Å². The molecule has 0 aliphatic rings. The van der Waals surface area contributed by atoms with Gasteiger partial charge in [0.25, 0.3) is 0 Å². The third-order valence-corrected chi connectivity index (χ3v) is 3.01. The molecule has 0 aliphatic carbocycles. The third kappa shape index (κ3) is 2.00. The van der Waals surface area contributed by atoms with Crippen LogP contribution in [0.15, 0.2) is 18.2 Å². The van der Waals surface area contributed by atoms with Gasteiger partial charge >= 0.3 is 0 Å². The zero-order valence-electron chi connectivity index (χ0n) is 8.99. The molecule has 2 heteroatoms. The van der Waals surface area contributed by atoms with Crippen molar-refractivity contribution in [1.82, 2.24) is 0 Å². The summed E-state index contributed by atoms with van der Waals surface area (Å²) in [6, 6.07) is 4.89. The lowest BCUT2D eigenvalue weighted by atomic mass is 9.86. The lowest BCUT2D eigenvalue weighted by Gasteiger charge is -2.20. The topological polar surface area (TPSA) is 40.5 Å². The molecule has 1 aromatic rings. The smallest absolute Gasteiger partial charge is 0.122 e. The number of aromatic hydroxyl groups is 2. The predicted octanol–water partition coefficient (Wildman–Crippen LogP) is 3.25. The molecule has 0 radical (unpaired) electrons. The van der Waals surface area contributed by atoms with Gasteiger partial charge in [-0.3, -0.25) is 0 Å². The van der Waals surface area contributed by atoms with Crippen LogP contribution in [0, 0.1) is 5.92 Å². The predicted molar refractivity (Wildman–Crippen MR) is 57.6 cm³/mol. The van der Waals surface area contributed by atoms with E-state index in [9.17, 15) is 10.2 Å². The van der Waals surface area contributed by atoms with E-state index in [-0.39, 0.29) is 17.4 Å². The molecule has 0 aliphatic heterocycles. The molecule has 0 heterocycles. The summed E-state index contributed by atoms with van der Waals surface area (Å²) < 4.78 is 0. The summed E-state index contributed by atoms with van der Waals surface area (Å²) in [5.74, 6) is 1.02. The van der Waals surface area contributed by atoms with Crippen molar-refractivity contribution >= 4 is 0 Å². The highest BCUT2D eigenvalue weighted by atomic mass is 16.3. The molecule has 2 atom stereocenters. The minimum absolute atomic E-state index is 0.182. The van der Waals surface area contributed by atoms with Crippen molar-refractivity contribution in [1.29, 1.82) is 0 Å². The fourth-order valence-electron chi connectivity index (χ4n) is 1.65. The van der Waals surface area contributed by atoms with Crippen molar-refractivity contribution in [2.45, 2.75) is 33.1 Å². The van der Waals surface area contributed by atoms with Gasteiger partial charge in [0.05, 0.1) is 0 Å². The largest absolute Gasteiger partial charge is 0.508 e. The quantitative estimate of drug-likeness (QED) is 0.775. The maximum Gasteiger partial charge on any atom is 0.122 e. The molecule has 0 aromatic heterocycles. The Kier molecular flexibility index (Phi) is 3.39. The number of hydrogen-bond donors (Lipinski definition) is 2. The fourth-order valence-corrected chi connectivity index (χ4v) is 1.65. The minimum Gasteiger partial charge on any atom is -0.508 e. The van der Waals surface area contributed by atoms with Crippen molar-refractivity contribution in [2.75, 3.05) is 0 Å². The van der Waals surface area contributed by atoms with E-state index in [0.717, 1.165) is 6.42 Å². The van der Waals surface area contributed by atoms with Gasteiger partial charge in [-0.25, -0.2) is 0 Å². The van der Waals surface area contributed by atoms with Crippen LogP contribution in [0.25, 0.3) is 0 Å². The molecule has 0 saturated carbocycles. The first-order valence-electron chi connectivity index (χ1n) is 5.08. The summed E-state index contributed by atoms with van der Waals surface area (Å²) in [5, 5.41) is 19.3. The molecule has 1 rings (SSSR count). The van der Waals surface area contributed by atoms with Crippen molar-refractivity contribution in [3.63, 3.8) is 0 Å². The number of rotatable bonds is 3. The van der Waals surface area contributed by atoms with E-state index in [1.165, 1.54) is 0 Å². The summed E-state index contributed by atoms with van der Waals surface area (Å²) in [6.07, 6.45) is 1.04. The Labute approximate surface area is 85.2 Å². The van der Waals surface area contributed by atoms with Crippen LogP contribution >= 0.6 is 0 Å². The number of hydrogen-bond acceptors (Lipinski definition) is 2. The van der Waals surface area contributed by atoms with Crippen molar-refractivity contribution in [2.24, 2.45) is 5.92 Å². The van der Waals surface area contributed by atoms with Gasteiger partial charge in [-0.15, -0.1) is 0 Å². The Morgan fingerprint density at radius 3 is 2.07 bits per heavy atom. The van der Waals surface area contributed by atoms with E-state index in [4.69, 9.17) is 0 Å². The van der Waals surface area contributed by atoms with Gasteiger partial charge in [-0.1, -0.05) is 33.3 Å². The second-order valence-electron chi connectivity index (χ2n) is 3.88. The van der Waals surface area contributed by atoms with Gasteiger partial charge in [0.1, 0.15) is 11.5 Å². The monoisotopic (exact) mass is 194 g/mol. The van der Waals surface area contributed by atoms with Crippen molar-refractivity contribution in [3.05, 3.63) is 23.8 Å². The number of benzene rings is 1. The van der Waals surface area contributed by atoms with E-state index in [1.807, 2.05) is 6.92 Å². The van der Waals surface area contributed by atoms with Crippen LogP contribution in [-0.2, 0) is 0 Å². The zero-order valence-corrected chi connectivity index (χ0v) is 8.99. The third-order valence-electron chi connectivity index (χ3n) is 3.01. The summed E-state index contributed by atoms with van der Waals surface area (Å²) in [6.45, 7) is 6.26. The first-order valence-corrected chi connectivity index (χ1v) is 5.08. The lowest BCUT2D eigenvalue weighted by molar-refractivity contribution is 0.399. The lowest BCUT2D eigenvalue weighted by Crippen LogP contribution is -2.05. The Bertz CT molecular complexity index is 287. The van der Waals surface area contributed by atoms with Crippen LogP contribution < -0.4 is 0 Å². The van der Waals surface area contributed by atoms with Crippen LogP contribution in [0.3, 0.4) is 0 Å². The number of phenolic OH excluding ortho intramolecular Hbond substituents is 2. The van der Waals surface area contributed by atoms with E-state index < -0.39 is 0 Å². The molecule has 2 nitrogen and oxygen atoms in total. The average Bonchev–Trinajstić information content (AvgIpc) is 2.16. The highest BCUT2D eigenvalue weighted by molar-refractivity contribution is 5.45. The Hall–Kier alpha value is -1.18. The molecule has 0 amide bonds. The first kappa shape index (κ1) is 10.9. The number of phenols is 2. The minimum atomic E-state index is 0.182. The normalized spacial score (nSPS) is 15.1. The first-order chi connectivity index (χ1) is 6.57. The molecule has 1 aromatic carbocycles. The van der Waals surface area contributed by atoms with Crippen LogP contribution in [0.2, 0.25) is 0 Å². The van der Waals surface area contributed by atoms with E-state index in [0.29, 0.717) is 11.5 Å². The summed E-state index contributed by atoms with van der Waals surface area (Å²) in [7, 11) is 0. The maximum absolute atomic E-state index is 9.65. The summed E-state index contributed by atoms with van der Waals surface area (Å²) in [4.78, 5) is 0. The standard InChI is InChI=1S/C12H18O2/c1-4-8(2)9(3)12-10(13)6-5-7-11(12)14/h5-9,13-14H,4H2,1-3H3. The van der Waals surface area contributed by atoms with E-state index in [1.54, 1.807) is 18.2 Å². The van der Waals surface area contributed by atoms with Crippen LogP contribution in [0.1, 0.15) is 38.7 Å². The Morgan fingerprint density at radius 1 is 1.14 bits per heavy atom. The molecule has 0 spiro atoms. The molecular formula is C12H18O2. The van der Waals surface area contributed by atoms with E-state index in [2.05, 4.69) is 13.8 Å². The highest BCUT2D eigenvalue weighted by Gasteiger charge is 2.19. The van der Waals surface area contributed by atoms with Gasteiger partial charge in [-0.2, -0.15) is 0 Å². The van der Waals surface area contributed by atoms with Gasteiger partial charge < -0.3 is 10.2 Å². The van der Waals surface area contributed by atoms with Crippen molar-refractivity contribution in [3.8, 4) is 11.5 Å². The fraction of sp³-hybridized carbons (Fsp3) is 0.500. The van der Waals surface area contributed by atoms with E-state index >= 15 is 0 Å². The SMILES string of the molecule is CCC(C)C(C)c1c(O)cccc1O. The van der Waals surface area contributed by atoms with Gasteiger partial charge in [0.15, 0.2) is 0 Å². The van der Waals surface area contributed by atoms with Crippen molar-refractivity contribution < 1.29 is 10.2 Å². The molecule has 0 bridgehead atoms. The molecular weight excluding hydrogens is 176 g/mol. The van der Waals surface area contributed by atoms with Crippen LogP contribution in [-0.4, -0.2) is 10.2 Å². The summed E-state index contributed by atoms with van der Waals surface area (Å²) in [5.41, 5.74) is 0.668. The molecule has 0 saturated heterocycles. The molecule has 14 heavy (non-hydrogen) atoms. The van der Waals surface area contributed by atoms with Gasteiger partial charge in [0, 0.05) is 5.56 Å². The average molecular weight is 194 g/mol. The second-order valence-corrected chi connectivity index (χ2v) is 3.88. The van der Waals surface area contributed by atoms with Crippen LogP contribution in [0.5, 0.6) is 11.5 Å². The van der Waals surface area contributed by atoms with Gasteiger partial charge in [0.2, 0.25) is 0 Å². The second kappa shape index (κ2) is 4.36. The Balaban J connectivity index is 3.05. The maximum atomic E-state index is 9.65. The molecule has 0 fully saturated rings. The Morgan fingerprint density at radius 2 is 1.64 bits per heavy atom. The zero-order chi connectivity index (χ0) is 10.7. The molecule has 2 unspecified atom stereocenters. The molecule has 78 valence electrons. The van der Waals surface area contributed by atoms with Crippen LogP contribution in [0.4, 0.5) is 0 Å². The summed E-state index contributed by atoms with van der Waals surface area (Å²) >= 11 is 0. The molecule has 2 N–H and O–H groups in total. The highest BCUT2D eigenvalue weighted by Crippen LogP contribution is 2.38.